The minimum atomic E-state index is 0.370. The third-order valence-electron chi connectivity index (χ3n) is 3.30. The monoisotopic (exact) mass is 367 g/mol. The maximum absolute atomic E-state index is 6.24. The van der Waals surface area contributed by atoms with Crippen molar-refractivity contribution in [3.63, 3.8) is 0 Å². The van der Waals surface area contributed by atoms with Gasteiger partial charge in [-0.1, -0.05) is 46.9 Å². The predicted molar refractivity (Wildman–Crippen MR) is 95.0 cm³/mol. The summed E-state index contributed by atoms with van der Waals surface area (Å²) in [4.78, 5) is 0. The van der Waals surface area contributed by atoms with Crippen molar-refractivity contribution in [1.29, 1.82) is 0 Å². The predicted octanol–water partition coefficient (Wildman–Crippen LogP) is 5.09. The summed E-state index contributed by atoms with van der Waals surface area (Å²) in [6.45, 7) is 0. The Morgan fingerprint density at radius 2 is 1.74 bits per heavy atom. The van der Waals surface area contributed by atoms with Gasteiger partial charge in [-0.05, 0) is 24.3 Å². The molecule has 7 heteroatoms. The quantitative estimate of drug-likeness (QED) is 0.700. The highest BCUT2D eigenvalue weighted by Crippen LogP contribution is 2.34. The number of benzene rings is 2. The summed E-state index contributed by atoms with van der Waals surface area (Å²) in [5, 5.41) is 5.69. The molecule has 2 N–H and O–H groups in total. The van der Waals surface area contributed by atoms with E-state index in [9.17, 15) is 0 Å². The molecular weight excluding hydrogens is 357 g/mol. The van der Waals surface area contributed by atoms with Gasteiger partial charge in [0.15, 0.2) is 0 Å². The molecule has 0 amide bonds. The number of nitrogens with zero attached hydrogens (tertiary/aromatic N) is 2. The molecule has 0 aliphatic heterocycles. The van der Waals surface area contributed by atoms with E-state index < -0.39 is 0 Å². The zero-order valence-corrected chi connectivity index (χ0v) is 14.3. The van der Waals surface area contributed by atoms with Crippen LogP contribution < -0.4 is 10.5 Å². The summed E-state index contributed by atoms with van der Waals surface area (Å²) in [6, 6.07) is 12.5. The molecule has 0 spiro atoms. The molecule has 118 valence electrons. The van der Waals surface area contributed by atoms with E-state index in [4.69, 9.17) is 45.3 Å². The first-order valence-corrected chi connectivity index (χ1v) is 7.78. The minimum Gasteiger partial charge on any atom is -0.497 e. The van der Waals surface area contributed by atoms with E-state index in [1.165, 1.54) is 4.68 Å². The fourth-order valence-corrected chi connectivity index (χ4v) is 3.21. The van der Waals surface area contributed by atoms with Gasteiger partial charge in [-0.2, -0.15) is 5.10 Å². The number of ether oxygens (including phenoxy) is 1. The van der Waals surface area contributed by atoms with E-state index in [0.717, 1.165) is 11.3 Å². The molecule has 0 fully saturated rings. The van der Waals surface area contributed by atoms with Crippen LogP contribution in [0.2, 0.25) is 15.1 Å². The van der Waals surface area contributed by atoms with E-state index in [1.807, 2.05) is 24.3 Å². The lowest BCUT2D eigenvalue weighted by molar-refractivity contribution is 0.415. The highest BCUT2D eigenvalue weighted by Gasteiger charge is 2.15. The van der Waals surface area contributed by atoms with Crippen LogP contribution in [-0.4, -0.2) is 16.9 Å². The third kappa shape index (κ3) is 3.11. The Kier molecular flexibility index (Phi) is 4.39. The second-order valence-electron chi connectivity index (χ2n) is 4.82. The number of halogens is 3. The third-order valence-corrected chi connectivity index (χ3v) is 4.09. The Morgan fingerprint density at radius 3 is 2.39 bits per heavy atom. The summed E-state index contributed by atoms with van der Waals surface area (Å²) in [6.07, 6.45) is 0. The maximum atomic E-state index is 6.24. The van der Waals surface area contributed by atoms with Gasteiger partial charge in [0, 0.05) is 16.7 Å². The molecule has 3 rings (SSSR count). The van der Waals surface area contributed by atoms with Crippen LogP contribution >= 0.6 is 34.8 Å². The van der Waals surface area contributed by atoms with E-state index in [1.54, 1.807) is 25.3 Å². The first kappa shape index (κ1) is 16.0. The molecule has 0 aliphatic rings. The summed E-state index contributed by atoms with van der Waals surface area (Å²) in [5.41, 5.74) is 8.12. The lowest BCUT2D eigenvalue weighted by atomic mass is 10.1. The number of rotatable bonds is 3. The van der Waals surface area contributed by atoms with Crippen LogP contribution in [-0.2, 0) is 0 Å². The molecule has 0 saturated carbocycles. The molecule has 0 saturated heterocycles. The summed E-state index contributed by atoms with van der Waals surface area (Å²) >= 11 is 18.4. The Morgan fingerprint density at radius 1 is 1.04 bits per heavy atom. The van der Waals surface area contributed by atoms with Crippen LogP contribution in [0, 0.1) is 0 Å². The molecule has 0 atom stereocenters. The number of methoxy groups -OCH3 is 1. The first-order valence-electron chi connectivity index (χ1n) is 6.64. The standard InChI is InChI=1S/C16H12Cl3N3O/c1-23-11-4-2-3-9(5-11)14-8-15(20)22(21-14)16-12(18)6-10(17)7-13(16)19/h2-8H,20H2,1H3. The minimum absolute atomic E-state index is 0.370. The zero-order valence-electron chi connectivity index (χ0n) is 12.1. The van der Waals surface area contributed by atoms with Gasteiger partial charge in [0.1, 0.15) is 17.3 Å². The van der Waals surface area contributed by atoms with Crippen LogP contribution in [0.4, 0.5) is 5.82 Å². The fourth-order valence-electron chi connectivity index (χ4n) is 2.24. The molecule has 4 nitrogen and oxygen atoms in total. The van der Waals surface area contributed by atoms with Crippen molar-refractivity contribution in [1.82, 2.24) is 9.78 Å². The van der Waals surface area contributed by atoms with Crippen molar-refractivity contribution in [3.8, 4) is 22.7 Å². The van der Waals surface area contributed by atoms with Crippen LogP contribution in [0.15, 0.2) is 42.5 Å². The Hall–Kier alpha value is -1.88. The lowest BCUT2D eigenvalue weighted by Crippen LogP contribution is -2.03. The molecule has 1 aromatic heterocycles. The van der Waals surface area contributed by atoms with Crippen LogP contribution in [0.3, 0.4) is 0 Å². The average molecular weight is 369 g/mol. The molecule has 2 aromatic carbocycles. The average Bonchev–Trinajstić information content (AvgIpc) is 2.88. The Bertz CT molecular complexity index is 854. The van der Waals surface area contributed by atoms with Crippen LogP contribution in [0.5, 0.6) is 5.75 Å². The van der Waals surface area contributed by atoms with Gasteiger partial charge in [0.2, 0.25) is 0 Å². The fraction of sp³-hybridized carbons (Fsp3) is 0.0625. The first-order chi connectivity index (χ1) is 11.0. The summed E-state index contributed by atoms with van der Waals surface area (Å²) in [7, 11) is 1.61. The van der Waals surface area contributed by atoms with Gasteiger partial charge in [-0.25, -0.2) is 4.68 Å². The van der Waals surface area contributed by atoms with Crippen molar-refractivity contribution in [2.75, 3.05) is 12.8 Å². The van der Waals surface area contributed by atoms with Crippen molar-refractivity contribution in [3.05, 3.63) is 57.5 Å². The Labute approximate surface area is 148 Å². The zero-order chi connectivity index (χ0) is 16.6. The van der Waals surface area contributed by atoms with Crippen molar-refractivity contribution >= 4 is 40.6 Å². The summed E-state index contributed by atoms with van der Waals surface area (Å²) in [5.74, 6) is 1.15. The van der Waals surface area contributed by atoms with E-state index in [2.05, 4.69) is 5.10 Å². The second-order valence-corrected chi connectivity index (χ2v) is 6.07. The molecule has 23 heavy (non-hydrogen) atoms. The molecule has 0 unspecified atom stereocenters. The topological polar surface area (TPSA) is 53.1 Å². The van der Waals surface area contributed by atoms with Crippen molar-refractivity contribution < 1.29 is 4.74 Å². The molecule has 1 heterocycles. The highest BCUT2D eigenvalue weighted by molar-refractivity contribution is 6.40. The van der Waals surface area contributed by atoms with Gasteiger partial charge < -0.3 is 10.5 Å². The molecule has 0 aliphatic carbocycles. The smallest absolute Gasteiger partial charge is 0.127 e. The van der Waals surface area contributed by atoms with E-state index in [0.29, 0.717) is 32.3 Å². The molecule has 0 radical (unpaired) electrons. The summed E-state index contributed by atoms with van der Waals surface area (Å²) < 4.78 is 6.72. The van der Waals surface area contributed by atoms with Crippen LogP contribution in [0.1, 0.15) is 0 Å². The van der Waals surface area contributed by atoms with E-state index in [-0.39, 0.29) is 0 Å². The molecule has 3 aromatic rings. The molecule has 0 bridgehead atoms. The van der Waals surface area contributed by atoms with Crippen molar-refractivity contribution in [2.24, 2.45) is 0 Å². The number of nitrogens with two attached hydrogens (primary N) is 1. The lowest BCUT2D eigenvalue weighted by Gasteiger charge is -2.09. The largest absolute Gasteiger partial charge is 0.497 e. The van der Waals surface area contributed by atoms with Gasteiger partial charge in [-0.3, -0.25) is 0 Å². The number of aromatic nitrogens is 2. The van der Waals surface area contributed by atoms with E-state index >= 15 is 0 Å². The number of hydrogen-bond acceptors (Lipinski definition) is 3. The van der Waals surface area contributed by atoms with Gasteiger partial charge in [-0.15, -0.1) is 0 Å². The van der Waals surface area contributed by atoms with Gasteiger partial charge >= 0.3 is 0 Å². The number of anilines is 1. The normalized spacial score (nSPS) is 10.8. The van der Waals surface area contributed by atoms with Gasteiger partial charge in [0.05, 0.1) is 22.8 Å². The van der Waals surface area contributed by atoms with Gasteiger partial charge in [0.25, 0.3) is 0 Å². The number of nitrogen functional groups attached to an aromatic ring is 1. The number of hydrogen-bond donors (Lipinski definition) is 1. The van der Waals surface area contributed by atoms with Crippen molar-refractivity contribution in [2.45, 2.75) is 0 Å². The SMILES string of the molecule is COc1cccc(-c2cc(N)n(-c3c(Cl)cc(Cl)cc3Cl)n2)c1. The Balaban J connectivity index is 2.12. The highest BCUT2D eigenvalue weighted by atomic mass is 35.5. The molecular formula is C16H12Cl3N3O. The van der Waals surface area contributed by atoms with Crippen LogP contribution in [0.25, 0.3) is 16.9 Å². The second kappa shape index (κ2) is 6.32. The maximum Gasteiger partial charge on any atom is 0.127 e.